The second-order valence-electron chi connectivity index (χ2n) is 5.28. The van der Waals surface area contributed by atoms with Crippen LogP contribution in [0.5, 0.6) is 5.75 Å². The standard InChI is InChI=1S/C16H27NO/c1-6-14(5)17-9-10-18-15-7-8-16(12(2)3)13(4)11-15/h7-8,11-12,14,17H,6,9-10H2,1-5H3. The summed E-state index contributed by atoms with van der Waals surface area (Å²) in [4.78, 5) is 0. The highest BCUT2D eigenvalue weighted by molar-refractivity contribution is 5.36. The second kappa shape index (κ2) is 7.42. The zero-order chi connectivity index (χ0) is 13.5. The van der Waals surface area contributed by atoms with Crippen LogP contribution in [0.15, 0.2) is 18.2 Å². The molecule has 2 nitrogen and oxygen atoms in total. The SMILES string of the molecule is CCC(C)NCCOc1ccc(C(C)C)c(C)c1. The molecular weight excluding hydrogens is 222 g/mol. The van der Waals surface area contributed by atoms with Crippen molar-refractivity contribution in [2.45, 2.75) is 53.0 Å². The smallest absolute Gasteiger partial charge is 0.119 e. The van der Waals surface area contributed by atoms with Gasteiger partial charge in [0.05, 0.1) is 0 Å². The molecule has 18 heavy (non-hydrogen) atoms. The predicted octanol–water partition coefficient (Wildman–Crippen LogP) is 3.89. The van der Waals surface area contributed by atoms with E-state index >= 15 is 0 Å². The molecule has 1 rings (SSSR count). The van der Waals surface area contributed by atoms with Crippen LogP contribution in [0.3, 0.4) is 0 Å². The average Bonchev–Trinajstić information content (AvgIpc) is 2.34. The van der Waals surface area contributed by atoms with Crippen LogP contribution in [0.4, 0.5) is 0 Å². The van der Waals surface area contributed by atoms with Crippen molar-refractivity contribution in [3.8, 4) is 5.75 Å². The third-order valence-electron chi connectivity index (χ3n) is 3.34. The topological polar surface area (TPSA) is 21.3 Å². The molecule has 0 saturated carbocycles. The minimum atomic E-state index is 0.568. The van der Waals surface area contributed by atoms with Gasteiger partial charge in [0.2, 0.25) is 0 Å². The van der Waals surface area contributed by atoms with Gasteiger partial charge in [-0.1, -0.05) is 26.8 Å². The van der Waals surface area contributed by atoms with Crippen LogP contribution in [-0.2, 0) is 0 Å². The lowest BCUT2D eigenvalue weighted by molar-refractivity contribution is 0.306. The highest BCUT2D eigenvalue weighted by atomic mass is 16.5. The fourth-order valence-corrected chi connectivity index (χ4v) is 2.00. The zero-order valence-electron chi connectivity index (χ0n) is 12.4. The molecule has 0 aromatic heterocycles. The quantitative estimate of drug-likeness (QED) is 0.740. The maximum atomic E-state index is 5.75. The first-order valence-corrected chi connectivity index (χ1v) is 7.01. The Morgan fingerprint density at radius 2 is 1.94 bits per heavy atom. The summed E-state index contributed by atoms with van der Waals surface area (Å²) in [5.41, 5.74) is 2.72. The first-order valence-electron chi connectivity index (χ1n) is 7.01. The van der Waals surface area contributed by atoms with Crippen LogP contribution in [0.2, 0.25) is 0 Å². The van der Waals surface area contributed by atoms with Crippen molar-refractivity contribution in [2.24, 2.45) is 0 Å². The lowest BCUT2D eigenvalue weighted by Crippen LogP contribution is -2.29. The minimum Gasteiger partial charge on any atom is -0.492 e. The number of nitrogens with one attached hydrogen (secondary N) is 1. The van der Waals surface area contributed by atoms with Crippen molar-refractivity contribution in [3.05, 3.63) is 29.3 Å². The molecule has 0 amide bonds. The molecule has 1 unspecified atom stereocenters. The number of hydrogen-bond donors (Lipinski definition) is 1. The van der Waals surface area contributed by atoms with Gasteiger partial charge in [-0.15, -0.1) is 0 Å². The van der Waals surface area contributed by atoms with Gasteiger partial charge < -0.3 is 10.1 Å². The molecule has 2 heteroatoms. The largest absolute Gasteiger partial charge is 0.492 e. The molecule has 1 N–H and O–H groups in total. The second-order valence-corrected chi connectivity index (χ2v) is 5.28. The summed E-state index contributed by atoms with van der Waals surface area (Å²) in [7, 11) is 0. The molecule has 0 fully saturated rings. The highest BCUT2D eigenvalue weighted by Crippen LogP contribution is 2.23. The molecule has 102 valence electrons. The van der Waals surface area contributed by atoms with Gasteiger partial charge in [0.15, 0.2) is 0 Å². The summed E-state index contributed by atoms with van der Waals surface area (Å²) in [6.45, 7) is 12.6. The number of benzene rings is 1. The molecule has 1 aromatic carbocycles. The predicted molar refractivity (Wildman–Crippen MR) is 78.5 cm³/mol. The number of aryl methyl sites for hydroxylation is 1. The molecule has 0 bridgehead atoms. The van der Waals surface area contributed by atoms with E-state index in [0.717, 1.165) is 25.3 Å². The third-order valence-corrected chi connectivity index (χ3v) is 3.34. The van der Waals surface area contributed by atoms with Gasteiger partial charge in [0.1, 0.15) is 12.4 Å². The maximum Gasteiger partial charge on any atom is 0.119 e. The van der Waals surface area contributed by atoms with E-state index in [4.69, 9.17) is 4.74 Å². The monoisotopic (exact) mass is 249 g/mol. The van der Waals surface area contributed by atoms with Gasteiger partial charge in [0.25, 0.3) is 0 Å². The van der Waals surface area contributed by atoms with Crippen LogP contribution in [-0.4, -0.2) is 19.2 Å². The van der Waals surface area contributed by atoms with Crippen LogP contribution >= 0.6 is 0 Å². The Morgan fingerprint density at radius 1 is 1.22 bits per heavy atom. The molecule has 0 aliphatic heterocycles. The van der Waals surface area contributed by atoms with E-state index in [9.17, 15) is 0 Å². The first kappa shape index (κ1) is 15.0. The zero-order valence-corrected chi connectivity index (χ0v) is 12.4. The molecular formula is C16H27NO. The summed E-state index contributed by atoms with van der Waals surface area (Å²) in [6.07, 6.45) is 1.15. The molecule has 1 atom stereocenters. The van der Waals surface area contributed by atoms with E-state index < -0.39 is 0 Å². The molecule has 0 aliphatic rings. The van der Waals surface area contributed by atoms with E-state index in [-0.39, 0.29) is 0 Å². The van der Waals surface area contributed by atoms with E-state index in [2.05, 4.69) is 58.1 Å². The summed E-state index contributed by atoms with van der Waals surface area (Å²) in [6, 6.07) is 6.96. The van der Waals surface area contributed by atoms with Crippen LogP contribution < -0.4 is 10.1 Å². The van der Waals surface area contributed by atoms with E-state index in [1.807, 2.05) is 0 Å². The third kappa shape index (κ3) is 4.69. The molecule has 0 aliphatic carbocycles. The van der Waals surface area contributed by atoms with Gasteiger partial charge in [-0.2, -0.15) is 0 Å². The first-order chi connectivity index (χ1) is 8.54. The average molecular weight is 249 g/mol. The molecule has 0 heterocycles. The maximum absolute atomic E-state index is 5.75. The van der Waals surface area contributed by atoms with E-state index in [0.29, 0.717) is 12.0 Å². The fraction of sp³-hybridized carbons (Fsp3) is 0.625. The Kier molecular flexibility index (Phi) is 6.20. The Balaban J connectivity index is 2.42. The van der Waals surface area contributed by atoms with Crippen molar-refractivity contribution >= 4 is 0 Å². The molecule has 0 radical (unpaired) electrons. The molecule has 0 saturated heterocycles. The van der Waals surface area contributed by atoms with Gasteiger partial charge in [0, 0.05) is 12.6 Å². The lowest BCUT2D eigenvalue weighted by Gasteiger charge is -2.14. The molecule has 0 spiro atoms. The Labute approximate surface area is 112 Å². The van der Waals surface area contributed by atoms with Crippen molar-refractivity contribution in [1.82, 2.24) is 5.32 Å². The Bertz CT molecular complexity index is 360. The van der Waals surface area contributed by atoms with Crippen molar-refractivity contribution in [1.29, 1.82) is 0 Å². The van der Waals surface area contributed by atoms with Crippen molar-refractivity contribution < 1.29 is 4.74 Å². The van der Waals surface area contributed by atoms with Crippen molar-refractivity contribution in [3.63, 3.8) is 0 Å². The summed E-state index contributed by atoms with van der Waals surface area (Å²) >= 11 is 0. The number of hydrogen-bond acceptors (Lipinski definition) is 2. The van der Waals surface area contributed by atoms with Gasteiger partial charge in [-0.25, -0.2) is 0 Å². The van der Waals surface area contributed by atoms with E-state index in [1.165, 1.54) is 11.1 Å². The highest BCUT2D eigenvalue weighted by Gasteiger charge is 2.04. The van der Waals surface area contributed by atoms with Crippen LogP contribution in [0.25, 0.3) is 0 Å². The van der Waals surface area contributed by atoms with Crippen LogP contribution in [0, 0.1) is 6.92 Å². The van der Waals surface area contributed by atoms with Gasteiger partial charge >= 0.3 is 0 Å². The fourth-order valence-electron chi connectivity index (χ4n) is 2.00. The van der Waals surface area contributed by atoms with E-state index in [1.54, 1.807) is 0 Å². The van der Waals surface area contributed by atoms with Gasteiger partial charge in [-0.05, 0) is 49.4 Å². The molecule has 1 aromatic rings. The Morgan fingerprint density at radius 3 is 2.50 bits per heavy atom. The number of rotatable bonds is 7. The Hall–Kier alpha value is -1.02. The van der Waals surface area contributed by atoms with Crippen LogP contribution in [0.1, 0.15) is 51.2 Å². The van der Waals surface area contributed by atoms with Gasteiger partial charge in [-0.3, -0.25) is 0 Å². The normalized spacial score (nSPS) is 12.8. The summed E-state index contributed by atoms with van der Waals surface area (Å²) in [5, 5.41) is 3.42. The summed E-state index contributed by atoms with van der Waals surface area (Å²) < 4.78 is 5.75. The number of ether oxygens (including phenoxy) is 1. The lowest BCUT2D eigenvalue weighted by atomic mass is 9.98. The minimum absolute atomic E-state index is 0.568. The van der Waals surface area contributed by atoms with Crippen molar-refractivity contribution in [2.75, 3.05) is 13.2 Å². The summed E-state index contributed by atoms with van der Waals surface area (Å²) in [5.74, 6) is 1.55.